The minimum atomic E-state index is -0.236. The summed E-state index contributed by atoms with van der Waals surface area (Å²) in [6.45, 7) is 2.23. The van der Waals surface area contributed by atoms with Gasteiger partial charge in [0.1, 0.15) is 5.82 Å². The van der Waals surface area contributed by atoms with Crippen LogP contribution in [0.3, 0.4) is 0 Å². The number of rotatable bonds is 5. The summed E-state index contributed by atoms with van der Waals surface area (Å²) in [6, 6.07) is 14.6. The fourth-order valence-electron chi connectivity index (χ4n) is 3.49. The van der Waals surface area contributed by atoms with E-state index in [0.29, 0.717) is 19.5 Å². The Hall–Kier alpha value is -2.47. The molecular weight excluding hydrogens is 361 g/mol. The van der Waals surface area contributed by atoms with E-state index in [9.17, 15) is 9.18 Å². The number of anilines is 1. The highest BCUT2D eigenvalue weighted by atomic mass is 32.1. The van der Waals surface area contributed by atoms with E-state index in [-0.39, 0.29) is 17.6 Å². The highest BCUT2D eigenvalue weighted by molar-refractivity contribution is 7.22. The fraction of sp³-hybridized carbons (Fsp3) is 0.333. The molecule has 1 amide bonds. The molecule has 1 aromatic heterocycles. The Morgan fingerprint density at radius 1 is 1.22 bits per heavy atom. The van der Waals surface area contributed by atoms with Crippen LogP contribution in [0.2, 0.25) is 0 Å². The fourth-order valence-corrected chi connectivity index (χ4v) is 4.49. The molecule has 0 unspecified atom stereocenters. The van der Waals surface area contributed by atoms with Crippen LogP contribution in [-0.2, 0) is 11.2 Å². The maximum atomic E-state index is 12.9. The van der Waals surface area contributed by atoms with Crippen LogP contribution in [0.4, 0.5) is 9.52 Å². The van der Waals surface area contributed by atoms with Crippen molar-refractivity contribution in [3.8, 4) is 0 Å². The molecule has 0 aliphatic carbocycles. The molecule has 4 rings (SSSR count). The number of benzene rings is 2. The van der Waals surface area contributed by atoms with Crippen molar-refractivity contribution in [3.63, 3.8) is 0 Å². The van der Waals surface area contributed by atoms with Crippen LogP contribution >= 0.6 is 11.3 Å². The average molecular weight is 383 g/mol. The second-order valence-electron chi connectivity index (χ2n) is 6.92. The number of carbonyl (C=O) groups is 1. The molecule has 2 aromatic carbocycles. The standard InChI is InChI=1S/C21H22FN3OS/c22-17-9-7-15(8-10-17)11-12-23-20(26)16-4-3-13-25(14-16)21-24-18-5-1-2-6-19(18)27-21/h1-2,5-10,16H,3-4,11-14H2,(H,23,26)/t16-/m1/s1. The highest BCUT2D eigenvalue weighted by Crippen LogP contribution is 2.31. The summed E-state index contributed by atoms with van der Waals surface area (Å²) in [5, 5.41) is 4.04. The molecule has 1 aliphatic heterocycles. The molecule has 140 valence electrons. The lowest BCUT2D eigenvalue weighted by atomic mass is 9.97. The normalized spacial score (nSPS) is 17.2. The van der Waals surface area contributed by atoms with Gasteiger partial charge in [0.2, 0.25) is 5.91 Å². The first-order valence-corrected chi connectivity index (χ1v) is 10.1. The number of para-hydroxylation sites is 1. The Bertz CT molecular complexity index is 892. The van der Waals surface area contributed by atoms with Gasteiger partial charge in [0.15, 0.2) is 5.13 Å². The predicted molar refractivity (Wildman–Crippen MR) is 108 cm³/mol. The van der Waals surface area contributed by atoms with Gasteiger partial charge < -0.3 is 10.2 Å². The molecule has 1 atom stereocenters. The first kappa shape index (κ1) is 17.9. The Morgan fingerprint density at radius 3 is 2.85 bits per heavy atom. The van der Waals surface area contributed by atoms with Crippen molar-refractivity contribution in [1.29, 1.82) is 0 Å². The minimum Gasteiger partial charge on any atom is -0.355 e. The van der Waals surface area contributed by atoms with Crippen molar-refractivity contribution in [2.75, 3.05) is 24.5 Å². The summed E-state index contributed by atoms with van der Waals surface area (Å²) in [6.07, 6.45) is 2.61. The number of nitrogens with zero attached hydrogens (tertiary/aromatic N) is 2. The molecule has 4 nitrogen and oxygen atoms in total. The summed E-state index contributed by atoms with van der Waals surface area (Å²) in [4.78, 5) is 19.5. The van der Waals surface area contributed by atoms with Gasteiger partial charge in [0.25, 0.3) is 0 Å². The van der Waals surface area contributed by atoms with Gasteiger partial charge in [0.05, 0.1) is 16.1 Å². The third kappa shape index (κ3) is 4.27. The SMILES string of the molecule is O=C(NCCc1ccc(F)cc1)[C@@H]1CCCN(c2nc3ccccc3s2)C1. The van der Waals surface area contributed by atoms with Gasteiger partial charge in [0, 0.05) is 19.6 Å². The first-order chi connectivity index (χ1) is 13.2. The number of piperidine rings is 1. The molecule has 0 spiro atoms. The van der Waals surface area contributed by atoms with Crippen molar-refractivity contribution in [2.24, 2.45) is 5.92 Å². The third-order valence-corrected chi connectivity index (χ3v) is 6.07. The van der Waals surface area contributed by atoms with E-state index in [1.54, 1.807) is 23.5 Å². The van der Waals surface area contributed by atoms with E-state index in [1.807, 2.05) is 18.2 Å². The number of carbonyl (C=O) groups excluding carboxylic acids is 1. The lowest BCUT2D eigenvalue weighted by Gasteiger charge is -2.31. The lowest BCUT2D eigenvalue weighted by Crippen LogP contribution is -2.43. The van der Waals surface area contributed by atoms with Gasteiger partial charge in [-0.25, -0.2) is 9.37 Å². The molecule has 3 aromatic rings. The Labute approximate surface area is 162 Å². The van der Waals surface area contributed by atoms with E-state index in [2.05, 4.69) is 16.3 Å². The van der Waals surface area contributed by atoms with E-state index in [1.165, 1.54) is 16.8 Å². The van der Waals surface area contributed by atoms with E-state index in [0.717, 1.165) is 35.6 Å². The van der Waals surface area contributed by atoms with E-state index in [4.69, 9.17) is 4.98 Å². The summed E-state index contributed by atoms with van der Waals surface area (Å²) in [5.74, 6) is -0.151. The molecule has 1 N–H and O–H groups in total. The van der Waals surface area contributed by atoms with Crippen molar-refractivity contribution in [3.05, 3.63) is 59.9 Å². The van der Waals surface area contributed by atoms with Crippen molar-refractivity contribution in [2.45, 2.75) is 19.3 Å². The van der Waals surface area contributed by atoms with Gasteiger partial charge in [-0.3, -0.25) is 4.79 Å². The van der Waals surface area contributed by atoms with Crippen molar-refractivity contribution < 1.29 is 9.18 Å². The Kier molecular flexibility index (Phi) is 5.34. The second-order valence-corrected chi connectivity index (χ2v) is 7.93. The lowest BCUT2D eigenvalue weighted by molar-refractivity contribution is -0.125. The van der Waals surface area contributed by atoms with Crippen LogP contribution in [0.15, 0.2) is 48.5 Å². The quantitative estimate of drug-likeness (QED) is 0.724. The zero-order chi connectivity index (χ0) is 18.6. The predicted octanol–water partition coefficient (Wildman–Crippen LogP) is 4.01. The van der Waals surface area contributed by atoms with Crippen molar-refractivity contribution >= 4 is 32.6 Å². The molecule has 0 bridgehead atoms. The number of hydrogen-bond donors (Lipinski definition) is 1. The van der Waals surface area contributed by atoms with Crippen LogP contribution in [0.5, 0.6) is 0 Å². The second kappa shape index (κ2) is 8.05. The molecule has 1 saturated heterocycles. The summed E-state index contributed by atoms with van der Waals surface area (Å²) < 4.78 is 14.1. The summed E-state index contributed by atoms with van der Waals surface area (Å²) in [7, 11) is 0. The number of thiazole rings is 1. The minimum absolute atomic E-state index is 0.0148. The number of halogens is 1. The number of hydrogen-bond acceptors (Lipinski definition) is 4. The molecule has 27 heavy (non-hydrogen) atoms. The summed E-state index contributed by atoms with van der Waals surface area (Å²) >= 11 is 1.69. The number of aromatic nitrogens is 1. The number of nitrogens with one attached hydrogen (secondary N) is 1. The number of fused-ring (bicyclic) bond motifs is 1. The Morgan fingerprint density at radius 2 is 2.04 bits per heavy atom. The maximum Gasteiger partial charge on any atom is 0.224 e. The monoisotopic (exact) mass is 383 g/mol. The van der Waals surface area contributed by atoms with Crippen LogP contribution in [0.25, 0.3) is 10.2 Å². The average Bonchev–Trinajstić information content (AvgIpc) is 3.14. The van der Waals surface area contributed by atoms with Gasteiger partial charge >= 0.3 is 0 Å². The number of amides is 1. The van der Waals surface area contributed by atoms with E-state index < -0.39 is 0 Å². The van der Waals surface area contributed by atoms with Crippen LogP contribution in [0.1, 0.15) is 18.4 Å². The van der Waals surface area contributed by atoms with Crippen LogP contribution < -0.4 is 10.2 Å². The van der Waals surface area contributed by atoms with Crippen LogP contribution in [-0.4, -0.2) is 30.5 Å². The van der Waals surface area contributed by atoms with Gasteiger partial charge in [-0.05, 0) is 49.1 Å². The van der Waals surface area contributed by atoms with E-state index >= 15 is 0 Å². The smallest absolute Gasteiger partial charge is 0.224 e. The topological polar surface area (TPSA) is 45.2 Å². The van der Waals surface area contributed by atoms with Gasteiger partial charge in [-0.2, -0.15) is 0 Å². The van der Waals surface area contributed by atoms with Gasteiger partial charge in [-0.15, -0.1) is 0 Å². The largest absolute Gasteiger partial charge is 0.355 e. The third-order valence-electron chi connectivity index (χ3n) is 4.97. The highest BCUT2D eigenvalue weighted by Gasteiger charge is 2.27. The summed E-state index contributed by atoms with van der Waals surface area (Å²) in [5.41, 5.74) is 2.04. The molecule has 1 aliphatic rings. The zero-order valence-electron chi connectivity index (χ0n) is 15.0. The molecule has 0 saturated carbocycles. The molecular formula is C21H22FN3OS. The Balaban J connectivity index is 1.33. The maximum absolute atomic E-state index is 12.9. The molecule has 2 heterocycles. The molecule has 6 heteroatoms. The molecule has 1 fully saturated rings. The van der Waals surface area contributed by atoms with Crippen molar-refractivity contribution in [1.82, 2.24) is 10.3 Å². The molecule has 0 radical (unpaired) electrons. The zero-order valence-corrected chi connectivity index (χ0v) is 15.8. The van der Waals surface area contributed by atoms with Crippen LogP contribution in [0, 0.1) is 11.7 Å². The van der Waals surface area contributed by atoms with Gasteiger partial charge in [-0.1, -0.05) is 35.6 Å². The first-order valence-electron chi connectivity index (χ1n) is 9.32.